The van der Waals surface area contributed by atoms with E-state index < -0.39 is 21.7 Å². The molecule has 0 radical (unpaired) electrons. The van der Waals surface area contributed by atoms with Crippen LogP contribution in [0.5, 0.6) is 0 Å². The van der Waals surface area contributed by atoms with E-state index in [9.17, 15) is 17.2 Å². The van der Waals surface area contributed by atoms with Crippen molar-refractivity contribution in [3.63, 3.8) is 0 Å². The third kappa shape index (κ3) is 5.73. The minimum atomic E-state index is -3.70. The fraction of sp³-hybridized carbons (Fsp3) is 0.464. The molecule has 3 aromatic rings. The summed E-state index contributed by atoms with van der Waals surface area (Å²) in [7, 11) is -3.70. The Morgan fingerprint density at radius 3 is 1.84 bits per heavy atom. The van der Waals surface area contributed by atoms with E-state index in [0.29, 0.717) is 53.4 Å². The number of hydrogen-bond donors (Lipinski definition) is 0. The van der Waals surface area contributed by atoms with E-state index in [0.717, 1.165) is 22.8 Å². The second-order valence-electron chi connectivity index (χ2n) is 10.6. The van der Waals surface area contributed by atoms with Crippen LogP contribution >= 0.6 is 11.3 Å². The van der Waals surface area contributed by atoms with Gasteiger partial charge in [0.05, 0.1) is 10.6 Å². The van der Waals surface area contributed by atoms with Crippen molar-refractivity contribution in [3.05, 3.63) is 64.0 Å². The molecule has 2 heterocycles. The standard InChI is InChI=1S/C28H35F2N3O2S2/c1-17(2)20-13-24(18(3)4)27(25(14-20)19(5)6)37(34,35)33-9-7-32(8-10-33)28-31-26(16-36-28)21-11-22(29)15-23(30)12-21/h11-19H,7-10H2,1-6H3. The van der Waals surface area contributed by atoms with Crippen molar-refractivity contribution >= 4 is 26.5 Å². The third-order valence-electron chi connectivity index (χ3n) is 6.84. The molecule has 1 fully saturated rings. The van der Waals surface area contributed by atoms with Gasteiger partial charge in [0.1, 0.15) is 11.6 Å². The summed E-state index contributed by atoms with van der Waals surface area (Å²) in [4.78, 5) is 7.07. The van der Waals surface area contributed by atoms with E-state index in [1.165, 1.54) is 23.5 Å². The minimum Gasteiger partial charge on any atom is -0.345 e. The molecule has 4 rings (SSSR count). The van der Waals surface area contributed by atoms with Gasteiger partial charge in [-0.05, 0) is 46.6 Å². The Labute approximate surface area is 223 Å². The lowest BCUT2D eigenvalue weighted by molar-refractivity contribution is 0.383. The number of thiazole rings is 1. The van der Waals surface area contributed by atoms with Crippen LogP contribution in [0.4, 0.5) is 13.9 Å². The van der Waals surface area contributed by atoms with E-state index >= 15 is 0 Å². The molecule has 9 heteroatoms. The Kier molecular flexibility index (Phi) is 8.07. The van der Waals surface area contributed by atoms with Gasteiger partial charge in [0.25, 0.3) is 0 Å². The maximum absolute atomic E-state index is 14.0. The molecule has 5 nitrogen and oxygen atoms in total. The smallest absolute Gasteiger partial charge is 0.243 e. The van der Waals surface area contributed by atoms with Crippen LogP contribution in [-0.2, 0) is 10.0 Å². The van der Waals surface area contributed by atoms with Gasteiger partial charge in [-0.2, -0.15) is 4.31 Å². The van der Waals surface area contributed by atoms with Crippen LogP contribution in [0.25, 0.3) is 11.3 Å². The van der Waals surface area contributed by atoms with Gasteiger partial charge in [-0.1, -0.05) is 53.7 Å². The maximum Gasteiger partial charge on any atom is 0.243 e. The molecule has 37 heavy (non-hydrogen) atoms. The van der Waals surface area contributed by atoms with Gasteiger partial charge in [0.15, 0.2) is 5.13 Å². The highest BCUT2D eigenvalue weighted by Crippen LogP contribution is 2.37. The second-order valence-corrected chi connectivity index (χ2v) is 13.3. The van der Waals surface area contributed by atoms with Crippen molar-refractivity contribution in [2.45, 2.75) is 64.2 Å². The first kappa shape index (κ1) is 27.7. The molecule has 0 atom stereocenters. The summed E-state index contributed by atoms with van der Waals surface area (Å²) in [5, 5.41) is 2.48. The van der Waals surface area contributed by atoms with Crippen molar-refractivity contribution in [2.75, 3.05) is 31.1 Å². The van der Waals surface area contributed by atoms with Crippen molar-refractivity contribution in [2.24, 2.45) is 0 Å². The normalized spacial score (nSPS) is 15.4. The van der Waals surface area contributed by atoms with Gasteiger partial charge in [-0.15, -0.1) is 11.3 Å². The summed E-state index contributed by atoms with van der Waals surface area (Å²) >= 11 is 1.39. The lowest BCUT2D eigenvalue weighted by atomic mass is 9.89. The number of sulfonamides is 1. The molecular formula is C28H35F2N3O2S2. The molecule has 0 aliphatic carbocycles. The van der Waals surface area contributed by atoms with Gasteiger partial charge in [-0.25, -0.2) is 22.2 Å². The summed E-state index contributed by atoms with van der Waals surface area (Å²) in [6, 6.07) is 7.49. The summed E-state index contributed by atoms with van der Waals surface area (Å²) in [6.07, 6.45) is 0. The largest absolute Gasteiger partial charge is 0.345 e. The summed E-state index contributed by atoms with van der Waals surface area (Å²) < 4.78 is 57.0. The Balaban J connectivity index is 1.58. The quantitative estimate of drug-likeness (QED) is 0.321. The Bertz CT molecular complexity index is 1330. The number of anilines is 1. The van der Waals surface area contributed by atoms with Crippen molar-refractivity contribution in [1.29, 1.82) is 0 Å². The molecule has 0 saturated carbocycles. The van der Waals surface area contributed by atoms with E-state index in [1.807, 2.05) is 32.6 Å². The average Bonchev–Trinajstić information content (AvgIpc) is 3.33. The summed E-state index contributed by atoms with van der Waals surface area (Å²) in [5.74, 6) is -0.840. The van der Waals surface area contributed by atoms with Crippen molar-refractivity contribution < 1.29 is 17.2 Å². The molecule has 0 amide bonds. The molecule has 1 saturated heterocycles. The third-order valence-corrected chi connectivity index (χ3v) is 9.77. The predicted molar refractivity (Wildman–Crippen MR) is 147 cm³/mol. The van der Waals surface area contributed by atoms with Crippen LogP contribution in [0, 0.1) is 11.6 Å². The van der Waals surface area contributed by atoms with E-state index in [2.05, 4.69) is 31.0 Å². The number of aromatic nitrogens is 1. The molecule has 1 aromatic heterocycles. The first-order valence-corrected chi connectivity index (χ1v) is 15.0. The first-order valence-electron chi connectivity index (χ1n) is 12.7. The fourth-order valence-corrected chi connectivity index (χ4v) is 7.66. The van der Waals surface area contributed by atoms with Crippen LogP contribution in [0.1, 0.15) is 76.0 Å². The van der Waals surface area contributed by atoms with Gasteiger partial charge in [0, 0.05) is 43.2 Å². The minimum absolute atomic E-state index is 0.0728. The van der Waals surface area contributed by atoms with Gasteiger partial charge in [0.2, 0.25) is 10.0 Å². The van der Waals surface area contributed by atoms with Crippen molar-refractivity contribution in [1.82, 2.24) is 9.29 Å². The van der Waals surface area contributed by atoms with E-state index in [4.69, 9.17) is 0 Å². The van der Waals surface area contributed by atoms with Gasteiger partial charge >= 0.3 is 0 Å². The Morgan fingerprint density at radius 2 is 1.35 bits per heavy atom. The van der Waals surface area contributed by atoms with Crippen LogP contribution < -0.4 is 4.90 Å². The van der Waals surface area contributed by atoms with E-state index in [1.54, 1.807) is 9.69 Å². The maximum atomic E-state index is 14.0. The number of nitrogens with zero attached hydrogens (tertiary/aromatic N) is 3. The van der Waals surface area contributed by atoms with Crippen molar-refractivity contribution in [3.8, 4) is 11.3 Å². The molecular weight excluding hydrogens is 512 g/mol. The van der Waals surface area contributed by atoms with Crippen LogP contribution in [-0.4, -0.2) is 43.9 Å². The monoisotopic (exact) mass is 547 g/mol. The highest BCUT2D eigenvalue weighted by atomic mass is 32.2. The van der Waals surface area contributed by atoms with Crippen LogP contribution in [0.2, 0.25) is 0 Å². The highest BCUT2D eigenvalue weighted by Gasteiger charge is 2.34. The number of piperazine rings is 1. The molecule has 200 valence electrons. The topological polar surface area (TPSA) is 53.5 Å². The molecule has 2 aromatic carbocycles. The zero-order valence-corrected chi connectivity index (χ0v) is 23.9. The lowest BCUT2D eigenvalue weighted by Gasteiger charge is -2.35. The summed E-state index contributed by atoms with van der Waals surface area (Å²) in [6.45, 7) is 14.1. The fourth-order valence-electron chi connectivity index (χ4n) is 4.68. The Hall–Kier alpha value is -2.36. The average molecular weight is 548 g/mol. The number of rotatable bonds is 7. The van der Waals surface area contributed by atoms with Crippen LogP contribution in [0.15, 0.2) is 40.6 Å². The van der Waals surface area contributed by atoms with Crippen LogP contribution in [0.3, 0.4) is 0 Å². The molecule has 0 spiro atoms. The lowest BCUT2D eigenvalue weighted by Crippen LogP contribution is -2.49. The zero-order valence-electron chi connectivity index (χ0n) is 22.3. The SMILES string of the molecule is CC(C)c1cc(C(C)C)c(S(=O)(=O)N2CCN(c3nc(-c4cc(F)cc(F)c4)cs3)CC2)c(C(C)C)c1. The molecule has 0 bridgehead atoms. The summed E-state index contributed by atoms with van der Waals surface area (Å²) in [5.41, 5.74) is 3.80. The van der Waals surface area contributed by atoms with Gasteiger partial charge in [-0.3, -0.25) is 0 Å². The molecule has 0 N–H and O–H groups in total. The molecule has 1 aliphatic heterocycles. The predicted octanol–water partition coefficient (Wildman–Crippen LogP) is 6.97. The first-order chi connectivity index (χ1) is 17.4. The zero-order chi connectivity index (χ0) is 27.1. The highest BCUT2D eigenvalue weighted by molar-refractivity contribution is 7.89. The number of benzene rings is 2. The number of halogens is 2. The number of hydrogen-bond acceptors (Lipinski definition) is 5. The molecule has 0 unspecified atom stereocenters. The molecule has 1 aliphatic rings. The Morgan fingerprint density at radius 1 is 0.811 bits per heavy atom. The van der Waals surface area contributed by atoms with E-state index in [-0.39, 0.29) is 11.8 Å². The van der Waals surface area contributed by atoms with Gasteiger partial charge < -0.3 is 4.90 Å². The second kappa shape index (κ2) is 10.8.